The third-order valence-corrected chi connectivity index (χ3v) is 4.80. The lowest BCUT2D eigenvalue weighted by molar-refractivity contribution is -0.156. The van der Waals surface area contributed by atoms with Crippen LogP contribution in [0.25, 0.3) is 0 Å². The number of esters is 1. The molecule has 2 fully saturated rings. The number of piperidine rings is 2. The van der Waals surface area contributed by atoms with Gasteiger partial charge in [0.1, 0.15) is 11.1 Å². The highest BCUT2D eigenvalue weighted by atomic mass is 16.6. The summed E-state index contributed by atoms with van der Waals surface area (Å²) in [6.45, 7) is 7.53. The number of hydrogen-bond donors (Lipinski definition) is 1. The maximum absolute atomic E-state index is 12.6. The van der Waals surface area contributed by atoms with Crippen LogP contribution in [0.5, 0.6) is 0 Å². The van der Waals surface area contributed by atoms with Crippen molar-refractivity contribution in [1.29, 1.82) is 0 Å². The highest BCUT2D eigenvalue weighted by Gasteiger charge is 2.52. The summed E-state index contributed by atoms with van der Waals surface area (Å²) in [5, 5.41) is 2.86. The van der Waals surface area contributed by atoms with Crippen LogP contribution < -0.4 is 5.32 Å². The Morgan fingerprint density at radius 3 is 2.26 bits per heavy atom. The molecule has 6 nitrogen and oxygen atoms in total. The van der Waals surface area contributed by atoms with Crippen molar-refractivity contribution in [3.63, 3.8) is 0 Å². The van der Waals surface area contributed by atoms with E-state index in [-0.39, 0.29) is 5.97 Å². The lowest BCUT2D eigenvalue weighted by Gasteiger charge is -2.51. The maximum Gasteiger partial charge on any atom is 0.408 e. The van der Waals surface area contributed by atoms with Gasteiger partial charge in [-0.1, -0.05) is 6.42 Å². The van der Waals surface area contributed by atoms with Crippen LogP contribution in [0.4, 0.5) is 4.79 Å². The maximum atomic E-state index is 12.6. The highest BCUT2D eigenvalue weighted by Crippen LogP contribution is 2.39. The fourth-order valence-corrected chi connectivity index (χ4v) is 3.76. The smallest absolute Gasteiger partial charge is 0.408 e. The fraction of sp³-hybridized carbons (Fsp3) is 0.882. The van der Waals surface area contributed by atoms with Gasteiger partial charge in [0.05, 0.1) is 6.61 Å². The van der Waals surface area contributed by atoms with Gasteiger partial charge in [0.25, 0.3) is 0 Å². The Kier molecular flexibility index (Phi) is 5.23. The van der Waals surface area contributed by atoms with Crippen LogP contribution in [0.1, 0.15) is 59.8 Å². The zero-order chi connectivity index (χ0) is 17.3. The van der Waals surface area contributed by atoms with Crippen molar-refractivity contribution in [1.82, 2.24) is 10.2 Å². The molecule has 2 heterocycles. The molecule has 6 heteroatoms. The van der Waals surface area contributed by atoms with Crippen LogP contribution in [0, 0.1) is 0 Å². The van der Waals surface area contributed by atoms with Crippen molar-refractivity contribution in [2.24, 2.45) is 0 Å². The van der Waals surface area contributed by atoms with Crippen LogP contribution in [0.15, 0.2) is 0 Å². The summed E-state index contributed by atoms with van der Waals surface area (Å²) in [7, 11) is 2.11. The summed E-state index contributed by atoms with van der Waals surface area (Å²) in [6, 6.07) is 0.587. The van der Waals surface area contributed by atoms with E-state index in [1.807, 2.05) is 20.8 Å². The number of nitrogens with one attached hydrogen (secondary N) is 1. The zero-order valence-corrected chi connectivity index (χ0v) is 15.0. The molecule has 0 aromatic carbocycles. The molecule has 0 aromatic heterocycles. The molecule has 2 unspecified atom stereocenters. The number of hydrogen-bond acceptors (Lipinski definition) is 5. The number of alkyl carbamates (subject to hydrolysis) is 1. The summed E-state index contributed by atoms with van der Waals surface area (Å²) in [5.74, 6) is -0.337. The normalized spacial score (nSPS) is 31.3. The van der Waals surface area contributed by atoms with Crippen LogP contribution in [0.2, 0.25) is 0 Å². The number of rotatable bonds is 3. The van der Waals surface area contributed by atoms with E-state index in [1.165, 1.54) is 6.42 Å². The largest absolute Gasteiger partial charge is 0.464 e. The van der Waals surface area contributed by atoms with E-state index in [9.17, 15) is 9.59 Å². The predicted molar refractivity (Wildman–Crippen MR) is 87.2 cm³/mol. The molecule has 23 heavy (non-hydrogen) atoms. The molecule has 0 spiro atoms. The Morgan fingerprint density at radius 2 is 1.78 bits per heavy atom. The number of amides is 1. The fourth-order valence-electron chi connectivity index (χ4n) is 3.76. The van der Waals surface area contributed by atoms with Gasteiger partial charge >= 0.3 is 12.1 Å². The first kappa shape index (κ1) is 18.0. The molecule has 2 aliphatic heterocycles. The number of fused-ring (bicyclic) bond motifs is 2. The minimum Gasteiger partial charge on any atom is -0.464 e. The molecular weight excluding hydrogens is 296 g/mol. The Hall–Kier alpha value is -1.30. The van der Waals surface area contributed by atoms with Gasteiger partial charge in [0, 0.05) is 12.1 Å². The lowest BCUT2D eigenvalue weighted by atomic mass is 9.73. The lowest BCUT2D eigenvalue weighted by Crippen LogP contribution is -2.66. The van der Waals surface area contributed by atoms with Crippen LogP contribution in [0.3, 0.4) is 0 Å². The van der Waals surface area contributed by atoms with E-state index in [0.29, 0.717) is 31.5 Å². The van der Waals surface area contributed by atoms with E-state index in [1.54, 1.807) is 6.92 Å². The molecule has 0 saturated carbocycles. The van der Waals surface area contributed by atoms with E-state index in [4.69, 9.17) is 9.47 Å². The molecule has 0 aliphatic carbocycles. The third kappa shape index (κ3) is 4.16. The summed E-state index contributed by atoms with van der Waals surface area (Å²) < 4.78 is 10.7. The van der Waals surface area contributed by atoms with Gasteiger partial charge in [-0.05, 0) is 60.4 Å². The molecule has 1 amide bonds. The number of nitrogens with zero attached hydrogens (tertiary/aromatic N) is 1. The second-order valence-electron chi connectivity index (χ2n) is 7.74. The first-order valence-corrected chi connectivity index (χ1v) is 8.57. The molecule has 2 bridgehead atoms. The van der Waals surface area contributed by atoms with Gasteiger partial charge in [-0.3, -0.25) is 0 Å². The Labute approximate surface area is 138 Å². The molecular formula is C17H30N2O4. The first-order valence-electron chi connectivity index (χ1n) is 8.57. The second kappa shape index (κ2) is 6.67. The standard InChI is InChI=1S/C17H30N2O4/c1-6-22-14(20)17(18-15(21)23-16(2,3)4)10-12-8-7-9-13(11-17)19(12)5/h12-13H,6-11H2,1-5H3,(H,18,21). The number of carbonyl (C=O) groups is 2. The molecule has 132 valence electrons. The molecule has 1 N–H and O–H groups in total. The molecule has 2 aliphatic rings. The number of ether oxygens (including phenoxy) is 2. The van der Waals surface area contributed by atoms with Gasteiger partial charge in [0.2, 0.25) is 0 Å². The summed E-state index contributed by atoms with van der Waals surface area (Å²) in [6.07, 6.45) is 3.88. The highest BCUT2D eigenvalue weighted by molar-refractivity contribution is 5.86. The monoisotopic (exact) mass is 326 g/mol. The van der Waals surface area contributed by atoms with Crippen molar-refractivity contribution >= 4 is 12.1 Å². The summed E-state index contributed by atoms with van der Waals surface area (Å²) >= 11 is 0. The van der Waals surface area contributed by atoms with Gasteiger partial charge < -0.3 is 19.7 Å². The quantitative estimate of drug-likeness (QED) is 0.807. The second-order valence-corrected chi connectivity index (χ2v) is 7.74. The average Bonchev–Trinajstić information content (AvgIpc) is 2.38. The number of carbonyl (C=O) groups excluding carboxylic acids is 2. The predicted octanol–water partition coefficient (Wildman–Crippen LogP) is 2.46. The molecule has 2 rings (SSSR count). The van der Waals surface area contributed by atoms with Crippen LogP contribution >= 0.6 is 0 Å². The van der Waals surface area contributed by atoms with E-state index >= 15 is 0 Å². The van der Waals surface area contributed by atoms with Crippen molar-refractivity contribution < 1.29 is 19.1 Å². The van der Waals surface area contributed by atoms with Gasteiger partial charge in [-0.15, -0.1) is 0 Å². The minimum atomic E-state index is -0.972. The molecule has 0 radical (unpaired) electrons. The SMILES string of the molecule is CCOC(=O)C1(NC(=O)OC(C)(C)C)CC2CCCC(C1)N2C. The molecule has 2 atom stereocenters. The topological polar surface area (TPSA) is 67.9 Å². The molecule has 2 saturated heterocycles. The van der Waals surface area contributed by atoms with Crippen molar-refractivity contribution in [2.75, 3.05) is 13.7 Å². The van der Waals surface area contributed by atoms with Crippen LogP contribution in [-0.2, 0) is 14.3 Å². The summed E-state index contributed by atoms with van der Waals surface area (Å²) in [5.41, 5.74) is -1.57. The Morgan fingerprint density at radius 1 is 1.22 bits per heavy atom. The minimum absolute atomic E-state index is 0.293. The van der Waals surface area contributed by atoms with Crippen molar-refractivity contribution in [3.8, 4) is 0 Å². The van der Waals surface area contributed by atoms with E-state index < -0.39 is 17.2 Å². The average molecular weight is 326 g/mol. The Bertz CT molecular complexity index is 444. The zero-order valence-electron chi connectivity index (χ0n) is 15.0. The Balaban J connectivity index is 2.20. The van der Waals surface area contributed by atoms with Crippen molar-refractivity contribution in [2.45, 2.75) is 83.0 Å². The van der Waals surface area contributed by atoms with Gasteiger partial charge in [-0.2, -0.15) is 0 Å². The van der Waals surface area contributed by atoms with E-state index in [0.717, 1.165) is 12.8 Å². The molecule has 0 aromatic rings. The third-order valence-electron chi connectivity index (χ3n) is 4.80. The van der Waals surface area contributed by atoms with Crippen LogP contribution in [-0.4, -0.2) is 53.8 Å². The first-order chi connectivity index (χ1) is 10.7. The van der Waals surface area contributed by atoms with Crippen molar-refractivity contribution in [3.05, 3.63) is 0 Å². The van der Waals surface area contributed by atoms with Gasteiger partial charge in [0.15, 0.2) is 0 Å². The summed E-state index contributed by atoms with van der Waals surface area (Å²) in [4.78, 5) is 27.3. The van der Waals surface area contributed by atoms with Gasteiger partial charge in [-0.25, -0.2) is 9.59 Å². The van der Waals surface area contributed by atoms with E-state index in [2.05, 4.69) is 17.3 Å².